The molecule has 0 aliphatic carbocycles. The average molecular weight is 299 g/mol. The van der Waals surface area contributed by atoms with Crippen LogP contribution in [0.5, 0.6) is 0 Å². The van der Waals surface area contributed by atoms with Crippen LogP contribution in [-0.2, 0) is 6.54 Å². The number of nitrogens with zero attached hydrogens (tertiary/aromatic N) is 3. The second kappa shape index (κ2) is 8.71. The first-order valence-corrected chi connectivity index (χ1v) is 7.52. The van der Waals surface area contributed by atoms with Crippen molar-refractivity contribution in [3.05, 3.63) is 48.2 Å². The zero-order valence-corrected chi connectivity index (χ0v) is 12.7. The van der Waals surface area contributed by atoms with Gasteiger partial charge in [-0.05, 0) is 18.1 Å². The van der Waals surface area contributed by atoms with Gasteiger partial charge in [0.25, 0.3) is 5.91 Å². The maximum Gasteiger partial charge on any atom is 0.270 e. The van der Waals surface area contributed by atoms with Gasteiger partial charge >= 0.3 is 0 Å². The summed E-state index contributed by atoms with van der Waals surface area (Å²) in [5.41, 5.74) is 1.42. The molecule has 6 heteroatoms. The number of carbonyl (C=O) groups is 1. The van der Waals surface area contributed by atoms with Crippen molar-refractivity contribution in [1.82, 2.24) is 20.3 Å². The number of hydrogen-bond donors (Lipinski definition) is 2. The maximum atomic E-state index is 12.0. The summed E-state index contributed by atoms with van der Waals surface area (Å²) in [6.07, 6.45) is 8.14. The van der Waals surface area contributed by atoms with Crippen LogP contribution in [0.2, 0.25) is 0 Å². The largest absolute Gasteiger partial charge is 0.366 e. The molecule has 2 aromatic rings. The van der Waals surface area contributed by atoms with E-state index in [1.165, 1.54) is 6.33 Å². The van der Waals surface area contributed by atoms with Gasteiger partial charge in [0, 0.05) is 31.5 Å². The summed E-state index contributed by atoms with van der Waals surface area (Å²) in [6, 6.07) is 5.51. The molecule has 116 valence electrons. The van der Waals surface area contributed by atoms with Crippen LogP contribution in [0.4, 0.5) is 5.82 Å². The van der Waals surface area contributed by atoms with Gasteiger partial charge in [-0.1, -0.05) is 25.8 Å². The Balaban J connectivity index is 1.87. The number of aromatic nitrogens is 3. The standard InChI is InChI=1S/C16H21N5O/c1-2-3-4-8-18-16(22)14-9-15(21-12-20-14)19-11-13-6-5-7-17-10-13/h5-7,9-10,12H,2-4,8,11H2,1H3,(H,18,22)(H,19,20,21). The van der Waals surface area contributed by atoms with Crippen LogP contribution in [0.3, 0.4) is 0 Å². The fourth-order valence-electron chi connectivity index (χ4n) is 1.94. The highest BCUT2D eigenvalue weighted by Crippen LogP contribution is 2.06. The number of amides is 1. The lowest BCUT2D eigenvalue weighted by molar-refractivity contribution is 0.0948. The Kier molecular flexibility index (Phi) is 6.29. The Labute approximate surface area is 130 Å². The van der Waals surface area contributed by atoms with Crippen molar-refractivity contribution < 1.29 is 4.79 Å². The summed E-state index contributed by atoms with van der Waals surface area (Å²) in [7, 11) is 0. The number of carbonyl (C=O) groups excluding carboxylic acids is 1. The van der Waals surface area contributed by atoms with Crippen LogP contribution in [0.1, 0.15) is 42.2 Å². The highest BCUT2D eigenvalue weighted by atomic mass is 16.1. The van der Waals surface area contributed by atoms with Crippen LogP contribution < -0.4 is 10.6 Å². The van der Waals surface area contributed by atoms with Crippen molar-refractivity contribution in [2.24, 2.45) is 0 Å². The second-order valence-corrected chi connectivity index (χ2v) is 4.97. The lowest BCUT2D eigenvalue weighted by atomic mass is 10.2. The van der Waals surface area contributed by atoms with Gasteiger partial charge in [0.1, 0.15) is 17.8 Å². The molecule has 0 bridgehead atoms. The third-order valence-electron chi connectivity index (χ3n) is 3.16. The molecule has 0 aliphatic rings. The predicted octanol–water partition coefficient (Wildman–Crippen LogP) is 2.40. The average Bonchev–Trinajstić information content (AvgIpc) is 2.58. The molecular weight excluding hydrogens is 278 g/mol. The zero-order chi connectivity index (χ0) is 15.6. The van der Waals surface area contributed by atoms with Crippen molar-refractivity contribution >= 4 is 11.7 Å². The van der Waals surface area contributed by atoms with Gasteiger partial charge in [-0.2, -0.15) is 0 Å². The summed E-state index contributed by atoms with van der Waals surface area (Å²) < 4.78 is 0. The van der Waals surface area contributed by atoms with Gasteiger partial charge < -0.3 is 10.6 Å². The number of pyridine rings is 1. The molecule has 2 N–H and O–H groups in total. The molecule has 2 aromatic heterocycles. The Hall–Kier alpha value is -2.50. The van der Waals surface area contributed by atoms with E-state index in [2.05, 4.69) is 32.5 Å². The predicted molar refractivity (Wildman–Crippen MR) is 85.5 cm³/mol. The Morgan fingerprint density at radius 2 is 2.18 bits per heavy atom. The monoisotopic (exact) mass is 299 g/mol. The van der Waals surface area contributed by atoms with Crippen LogP contribution in [0.25, 0.3) is 0 Å². The third kappa shape index (κ3) is 5.12. The number of rotatable bonds is 8. The molecule has 6 nitrogen and oxygen atoms in total. The summed E-state index contributed by atoms with van der Waals surface area (Å²) >= 11 is 0. The van der Waals surface area contributed by atoms with Gasteiger partial charge in [0.15, 0.2) is 0 Å². The third-order valence-corrected chi connectivity index (χ3v) is 3.16. The van der Waals surface area contributed by atoms with E-state index >= 15 is 0 Å². The summed E-state index contributed by atoms with van der Waals surface area (Å²) in [5, 5.41) is 6.03. The molecule has 0 aliphatic heterocycles. The molecule has 22 heavy (non-hydrogen) atoms. The lowest BCUT2D eigenvalue weighted by Crippen LogP contribution is -2.25. The van der Waals surface area contributed by atoms with Crippen molar-refractivity contribution in [2.45, 2.75) is 32.7 Å². The number of nitrogens with one attached hydrogen (secondary N) is 2. The van der Waals surface area contributed by atoms with E-state index in [0.717, 1.165) is 24.8 Å². The van der Waals surface area contributed by atoms with E-state index in [-0.39, 0.29) is 5.91 Å². The lowest BCUT2D eigenvalue weighted by Gasteiger charge is -2.07. The molecule has 0 saturated carbocycles. The van der Waals surface area contributed by atoms with Crippen LogP contribution in [0, 0.1) is 0 Å². The van der Waals surface area contributed by atoms with E-state index in [0.29, 0.717) is 24.6 Å². The van der Waals surface area contributed by atoms with E-state index < -0.39 is 0 Å². The Morgan fingerprint density at radius 3 is 2.95 bits per heavy atom. The fourth-order valence-corrected chi connectivity index (χ4v) is 1.94. The minimum atomic E-state index is -0.164. The highest BCUT2D eigenvalue weighted by molar-refractivity contribution is 5.92. The molecule has 0 atom stereocenters. The molecule has 0 fully saturated rings. The summed E-state index contributed by atoms with van der Waals surface area (Å²) in [4.78, 5) is 24.2. The molecule has 1 amide bonds. The smallest absolute Gasteiger partial charge is 0.270 e. The van der Waals surface area contributed by atoms with Gasteiger partial charge in [-0.25, -0.2) is 9.97 Å². The van der Waals surface area contributed by atoms with Crippen LogP contribution >= 0.6 is 0 Å². The molecule has 2 heterocycles. The first kappa shape index (κ1) is 15.9. The van der Waals surface area contributed by atoms with Crippen LogP contribution in [0.15, 0.2) is 36.9 Å². The normalized spacial score (nSPS) is 10.2. The van der Waals surface area contributed by atoms with Crippen molar-refractivity contribution in [3.8, 4) is 0 Å². The van der Waals surface area contributed by atoms with Gasteiger partial charge in [0.2, 0.25) is 0 Å². The van der Waals surface area contributed by atoms with E-state index in [4.69, 9.17) is 0 Å². The quantitative estimate of drug-likeness (QED) is 0.732. The topological polar surface area (TPSA) is 79.8 Å². The van der Waals surface area contributed by atoms with E-state index in [1.807, 2.05) is 12.1 Å². The molecule has 0 spiro atoms. The highest BCUT2D eigenvalue weighted by Gasteiger charge is 2.07. The Morgan fingerprint density at radius 1 is 1.27 bits per heavy atom. The molecular formula is C16H21N5O. The van der Waals surface area contributed by atoms with Crippen LogP contribution in [-0.4, -0.2) is 27.4 Å². The molecule has 0 unspecified atom stereocenters. The van der Waals surface area contributed by atoms with Crippen molar-refractivity contribution in [3.63, 3.8) is 0 Å². The zero-order valence-electron chi connectivity index (χ0n) is 12.7. The maximum absolute atomic E-state index is 12.0. The molecule has 2 rings (SSSR count). The minimum absolute atomic E-state index is 0.164. The molecule has 0 aromatic carbocycles. The van der Waals surface area contributed by atoms with E-state index in [9.17, 15) is 4.79 Å². The first-order valence-electron chi connectivity index (χ1n) is 7.52. The molecule has 0 radical (unpaired) electrons. The minimum Gasteiger partial charge on any atom is -0.366 e. The second-order valence-electron chi connectivity index (χ2n) is 4.97. The fraction of sp³-hybridized carbons (Fsp3) is 0.375. The van der Waals surface area contributed by atoms with Gasteiger partial charge in [-0.3, -0.25) is 9.78 Å². The molecule has 0 saturated heterocycles. The number of unbranched alkanes of at least 4 members (excludes halogenated alkanes) is 2. The number of hydrogen-bond acceptors (Lipinski definition) is 5. The first-order chi connectivity index (χ1) is 10.8. The number of anilines is 1. The Bertz CT molecular complexity index is 588. The van der Waals surface area contributed by atoms with Crippen molar-refractivity contribution in [1.29, 1.82) is 0 Å². The van der Waals surface area contributed by atoms with Crippen molar-refractivity contribution in [2.75, 3.05) is 11.9 Å². The summed E-state index contributed by atoms with van der Waals surface area (Å²) in [6.45, 7) is 3.41. The van der Waals surface area contributed by atoms with Gasteiger partial charge in [-0.15, -0.1) is 0 Å². The van der Waals surface area contributed by atoms with Gasteiger partial charge in [0.05, 0.1) is 0 Å². The SMILES string of the molecule is CCCCCNC(=O)c1cc(NCc2cccnc2)ncn1. The summed E-state index contributed by atoms with van der Waals surface area (Å²) in [5.74, 6) is 0.459. The van der Waals surface area contributed by atoms with E-state index in [1.54, 1.807) is 18.5 Å².